The van der Waals surface area contributed by atoms with Crippen molar-refractivity contribution in [2.24, 2.45) is 0 Å². The summed E-state index contributed by atoms with van der Waals surface area (Å²) in [6, 6.07) is 17.5. The smallest absolute Gasteiger partial charge is 0.270 e. The molecule has 22 heavy (non-hydrogen) atoms. The van der Waals surface area contributed by atoms with Crippen molar-refractivity contribution in [1.82, 2.24) is 0 Å². The quantitative estimate of drug-likeness (QED) is 0.620. The van der Waals surface area contributed by atoms with Gasteiger partial charge < -0.3 is 4.90 Å². The van der Waals surface area contributed by atoms with Crippen LogP contribution in [0.25, 0.3) is 0 Å². The molecule has 0 N–H and O–H groups in total. The molecule has 2 aromatic carbocycles. The summed E-state index contributed by atoms with van der Waals surface area (Å²) in [6.45, 7) is 0.396. The van der Waals surface area contributed by atoms with E-state index in [0.717, 1.165) is 5.69 Å². The number of anilines is 2. The molecule has 2 aromatic rings. The van der Waals surface area contributed by atoms with Crippen LogP contribution in [0.2, 0.25) is 0 Å². The third kappa shape index (κ3) is 3.20. The van der Waals surface area contributed by atoms with Crippen LogP contribution in [0.3, 0.4) is 0 Å². The lowest BCUT2D eigenvalue weighted by atomic mass is 10.1. The molecule has 0 aliphatic heterocycles. The minimum absolute atomic E-state index is 0.131. The van der Waals surface area contributed by atoms with Crippen LogP contribution in [-0.2, 0) is 0 Å². The van der Waals surface area contributed by atoms with Gasteiger partial charge in [0.2, 0.25) is 0 Å². The number of non-ortho nitro benzene ring substituents is 1. The largest absolute Gasteiger partial charge is 0.339 e. The third-order valence-electron chi connectivity index (χ3n) is 3.12. The molecule has 0 heterocycles. The van der Waals surface area contributed by atoms with Crippen molar-refractivity contribution in [2.45, 2.75) is 6.42 Å². The average Bonchev–Trinajstić information content (AvgIpc) is 2.56. The van der Waals surface area contributed by atoms with E-state index in [4.69, 9.17) is 5.26 Å². The lowest BCUT2D eigenvalue weighted by molar-refractivity contribution is -0.384. The number of hydrogen-bond donors (Lipinski definition) is 0. The number of benzene rings is 2. The number of nitriles is 2. The first-order valence-corrected chi connectivity index (χ1v) is 6.55. The van der Waals surface area contributed by atoms with E-state index < -0.39 is 4.92 Å². The minimum Gasteiger partial charge on any atom is -0.339 e. The maximum Gasteiger partial charge on any atom is 0.270 e. The molecule has 0 amide bonds. The number of para-hydroxylation sites is 1. The second kappa shape index (κ2) is 6.87. The maximum absolute atomic E-state index is 10.8. The average molecular weight is 292 g/mol. The summed E-state index contributed by atoms with van der Waals surface area (Å²) in [5, 5.41) is 28.9. The van der Waals surface area contributed by atoms with Crippen molar-refractivity contribution in [2.75, 3.05) is 11.4 Å². The van der Waals surface area contributed by atoms with Crippen molar-refractivity contribution < 1.29 is 4.92 Å². The Morgan fingerprint density at radius 1 is 1.14 bits per heavy atom. The fourth-order valence-corrected chi connectivity index (χ4v) is 2.12. The molecule has 0 radical (unpaired) electrons. The highest BCUT2D eigenvalue weighted by Gasteiger charge is 2.16. The Balaban J connectivity index is 2.50. The zero-order valence-electron chi connectivity index (χ0n) is 11.6. The first kappa shape index (κ1) is 15.0. The minimum atomic E-state index is -0.535. The highest BCUT2D eigenvalue weighted by Crippen LogP contribution is 2.30. The van der Waals surface area contributed by atoms with Gasteiger partial charge in [-0.2, -0.15) is 10.5 Å². The van der Waals surface area contributed by atoms with Crippen LogP contribution < -0.4 is 4.90 Å². The van der Waals surface area contributed by atoms with Gasteiger partial charge in [0.15, 0.2) is 0 Å². The molecule has 0 unspecified atom stereocenters. The molecule has 6 heteroatoms. The molecule has 108 valence electrons. The van der Waals surface area contributed by atoms with E-state index in [0.29, 0.717) is 12.2 Å². The predicted octanol–water partition coefficient (Wildman–Crippen LogP) is 3.52. The first-order valence-electron chi connectivity index (χ1n) is 6.55. The standard InChI is InChI=1S/C16H12N4O2/c17-9-4-10-19(14-5-2-1-3-6-14)16-8-7-15(20(21)22)11-13(16)12-18/h1-3,5-8,11H,4,10H2. The number of rotatable bonds is 5. The molecule has 0 aliphatic carbocycles. The van der Waals surface area contributed by atoms with Crippen molar-refractivity contribution in [3.05, 3.63) is 64.2 Å². The Labute approximate surface area is 127 Å². The van der Waals surface area contributed by atoms with Gasteiger partial charge >= 0.3 is 0 Å². The molecule has 2 rings (SSSR count). The van der Waals surface area contributed by atoms with Crippen LogP contribution in [0.1, 0.15) is 12.0 Å². The number of nitrogens with zero attached hydrogens (tertiary/aromatic N) is 4. The van der Waals surface area contributed by atoms with Crippen LogP contribution in [0.4, 0.5) is 17.1 Å². The summed E-state index contributed by atoms with van der Waals surface area (Å²) in [5.74, 6) is 0. The molecule has 0 saturated heterocycles. The van der Waals surface area contributed by atoms with E-state index in [1.54, 1.807) is 6.07 Å². The zero-order valence-corrected chi connectivity index (χ0v) is 11.6. The Morgan fingerprint density at radius 3 is 2.45 bits per heavy atom. The van der Waals surface area contributed by atoms with Gasteiger partial charge in [-0.3, -0.25) is 10.1 Å². The molecule has 0 atom stereocenters. The third-order valence-corrected chi connectivity index (χ3v) is 3.12. The van der Waals surface area contributed by atoms with E-state index in [1.165, 1.54) is 12.1 Å². The summed E-state index contributed by atoms with van der Waals surface area (Å²) >= 11 is 0. The maximum atomic E-state index is 10.8. The molecule has 6 nitrogen and oxygen atoms in total. The van der Waals surface area contributed by atoms with E-state index >= 15 is 0 Å². The van der Waals surface area contributed by atoms with Gasteiger partial charge in [-0.15, -0.1) is 0 Å². The Morgan fingerprint density at radius 2 is 1.86 bits per heavy atom. The number of nitro benzene ring substituents is 1. The SMILES string of the molecule is N#CCCN(c1ccccc1)c1ccc([N+](=O)[O-])cc1C#N. The van der Waals surface area contributed by atoms with Crippen molar-refractivity contribution in [3.8, 4) is 12.1 Å². The van der Waals surface area contributed by atoms with Crippen LogP contribution >= 0.6 is 0 Å². The Bertz CT molecular complexity index is 760. The Kier molecular flexibility index (Phi) is 4.69. The number of hydrogen-bond acceptors (Lipinski definition) is 5. The van der Waals surface area contributed by atoms with Gasteiger partial charge in [0.05, 0.1) is 28.7 Å². The van der Waals surface area contributed by atoms with Crippen molar-refractivity contribution in [3.63, 3.8) is 0 Å². The van der Waals surface area contributed by atoms with Crippen LogP contribution in [0, 0.1) is 32.8 Å². The van der Waals surface area contributed by atoms with Crippen LogP contribution in [-0.4, -0.2) is 11.5 Å². The van der Waals surface area contributed by atoms with E-state index in [-0.39, 0.29) is 17.7 Å². The highest BCUT2D eigenvalue weighted by molar-refractivity contribution is 5.71. The van der Waals surface area contributed by atoms with Gasteiger partial charge in [0.1, 0.15) is 6.07 Å². The monoisotopic (exact) mass is 292 g/mol. The molecule has 0 aromatic heterocycles. The summed E-state index contributed by atoms with van der Waals surface area (Å²) in [5.41, 5.74) is 1.45. The zero-order chi connectivity index (χ0) is 15.9. The van der Waals surface area contributed by atoms with Crippen molar-refractivity contribution in [1.29, 1.82) is 10.5 Å². The van der Waals surface area contributed by atoms with Gasteiger partial charge in [0, 0.05) is 24.4 Å². The lowest BCUT2D eigenvalue weighted by Gasteiger charge is -2.24. The molecule has 0 spiro atoms. The van der Waals surface area contributed by atoms with E-state index in [1.807, 2.05) is 41.3 Å². The summed E-state index contributed by atoms with van der Waals surface area (Å²) in [6.07, 6.45) is 0.275. The van der Waals surface area contributed by atoms with Gasteiger partial charge in [0.25, 0.3) is 5.69 Å². The predicted molar refractivity (Wildman–Crippen MR) is 81.5 cm³/mol. The lowest BCUT2D eigenvalue weighted by Crippen LogP contribution is -2.19. The highest BCUT2D eigenvalue weighted by atomic mass is 16.6. The summed E-state index contributed by atoms with van der Waals surface area (Å²) in [7, 11) is 0. The second-order valence-corrected chi connectivity index (χ2v) is 4.47. The number of nitro groups is 1. The topological polar surface area (TPSA) is 94.0 Å². The molecule has 0 saturated carbocycles. The van der Waals surface area contributed by atoms with Gasteiger partial charge in [-0.1, -0.05) is 18.2 Å². The van der Waals surface area contributed by atoms with Crippen LogP contribution in [0.5, 0.6) is 0 Å². The normalized spacial score (nSPS) is 9.55. The van der Waals surface area contributed by atoms with E-state index in [9.17, 15) is 15.4 Å². The molecule has 0 bridgehead atoms. The molecular formula is C16H12N4O2. The second-order valence-electron chi connectivity index (χ2n) is 4.47. The fourth-order valence-electron chi connectivity index (χ4n) is 2.12. The Hall–Kier alpha value is -3.38. The summed E-state index contributed by atoms with van der Waals surface area (Å²) in [4.78, 5) is 12.1. The van der Waals surface area contributed by atoms with Crippen LogP contribution in [0.15, 0.2) is 48.5 Å². The summed E-state index contributed by atoms with van der Waals surface area (Å²) < 4.78 is 0. The fraction of sp³-hybridized carbons (Fsp3) is 0.125. The first-order chi connectivity index (χ1) is 10.7. The molecule has 0 aliphatic rings. The molecule has 0 fully saturated rings. The van der Waals surface area contributed by atoms with Gasteiger partial charge in [-0.05, 0) is 18.2 Å². The van der Waals surface area contributed by atoms with E-state index in [2.05, 4.69) is 6.07 Å². The van der Waals surface area contributed by atoms with Crippen molar-refractivity contribution >= 4 is 17.1 Å². The molecular weight excluding hydrogens is 280 g/mol. The van der Waals surface area contributed by atoms with Gasteiger partial charge in [-0.25, -0.2) is 0 Å².